The Morgan fingerprint density at radius 3 is 2.43 bits per heavy atom. The second-order valence-electron chi connectivity index (χ2n) is 5.73. The van der Waals surface area contributed by atoms with Crippen LogP contribution in [-0.2, 0) is 19.1 Å². The fraction of sp³-hybridized carbons (Fsp3) is 0.875. The van der Waals surface area contributed by atoms with Crippen LogP contribution in [0.5, 0.6) is 0 Å². The molecule has 0 radical (unpaired) electrons. The zero-order valence-electron chi connectivity index (χ0n) is 13.5. The van der Waals surface area contributed by atoms with Gasteiger partial charge in [0.2, 0.25) is 0 Å². The lowest BCUT2D eigenvalue weighted by Crippen LogP contribution is -2.45. The van der Waals surface area contributed by atoms with E-state index < -0.39 is 6.04 Å². The molecule has 5 heteroatoms. The Morgan fingerprint density at radius 1 is 1.19 bits per heavy atom. The molecule has 122 valence electrons. The van der Waals surface area contributed by atoms with Crippen LogP contribution in [0.2, 0.25) is 0 Å². The first-order valence-electron chi connectivity index (χ1n) is 8.19. The van der Waals surface area contributed by atoms with Crippen LogP contribution in [0.25, 0.3) is 0 Å². The molecule has 1 fully saturated rings. The van der Waals surface area contributed by atoms with Gasteiger partial charge in [0.05, 0.1) is 13.0 Å². The standard InChI is InChI=1S/C16H29NO4/c1-4-12(3)17-14(11-15(18)20-5-2)16(19)21-13-9-7-6-8-10-13/h12-14,17H,4-11H2,1-3H3. The maximum atomic E-state index is 12.3. The number of nitrogens with one attached hydrogen (secondary N) is 1. The summed E-state index contributed by atoms with van der Waals surface area (Å²) < 4.78 is 10.5. The first-order chi connectivity index (χ1) is 10.1. The number of hydrogen-bond donors (Lipinski definition) is 1. The minimum atomic E-state index is -0.610. The number of hydrogen-bond acceptors (Lipinski definition) is 5. The van der Waals surface area contributed by atoms with Crippen molar-refractivity contribution in [1.82, 2.24) is 5.32 Å². The molecular formula is C16H29NO4. The summed E-state index contributed by atoms with van der Waals surface area (Å²) in [5, 5.41) is 3.17. The van der Waals surface area contributed by atoms with E-state index in [1.165, 1.54) is 6.42 Å². The molecule has 1 aliphatic carbocycles. The molecule has 21 heavy (non-hydrogen) atoms. The molecule has 1 rings (SSSR count). The fourth-order valence-electron chi connectivity index (χ4n) is 2.49. The predicted octanol–water partition coefficient (Wildman–Crippen LogP) is 2.57. The minimum Gasteiger partial charge on any atom is -0.466 e. The van der Waals surface area contributed by atoms with Crippen molar-refractivity contribution in [3.05, 3.63) is 0 Å². The van der Waals surface area contributed by atoms with E-state index in [-0.39, 0.29) is 30.5 Å². The van der Waals surface area contributed by atoms with E-state index in [4.69, 9.17) is 9.47 Å². The second kappa shape index (κ2) is 9.77. The van der Waals surface area contributed by atoms with Crippen molar-refractivity contribution in [3.8, 4) is 0 Å². The zero-order valence-corrected chi connectivity index (χ0v) is 13.5. The van der Waals surface area contributed by atoms with Gasteiger partial charge in [-0.2, -0.15) is 0 Å². The summed E-state index contributed by atoms with van der Waals surface area (Å²) in [5.41, 5.74) is 0. The average Bonchev–Trinajstić information content (AvgIpc) is 2.47. The molecule has 1 N–H and O–H groups in total. The summed E-state index contributed by atoms with van der Waals surface area (Å²) in [6, 6.07) is -0.454. The van der Waals surface area contributed by atoms with Crippen LogP contribution in [0.15, 0.2) is 0 Å². The number of carbonyl (C=O) groups is 2. The zero-order chi connectivity index (χ0) is 15.7. The first kappa shape index (κ1) is 18.0. The number of rotatable bonds is 8. The summed E-state index contributed by atoms with van der Waals surface area (Å²) in [4.78, 5) is 24.0. The highest BCUT2D eigenvalue weighted by molar-refractivity contribution is 5.82. The van der Waals surface area contributed by atoms with Crippen molar-refractivity contribution >= 4 is 11.9 Å². The average molecular weight is 299 g/mol. The summed E-state index contributed by atoms with van der Waals surface area (Å²) in [6.07, 6.45) is 6.22. The minimum absolute atomic E-state index is 0.00896. The Balaban J connectivity index is 2.55. The maximum Gasteiger partial charge on any atom is 0.324 e. The van der Waals surface area contributed by atoms with E-state index in [1.54, 1.807) is 6.92 Å². The Kier molecular flexibility index (Phi) is 8.35. The predicted molar refractivity (Wildman–Crippen MR) is 80.9 cm³/mol. The summed E-state index contributed by atoms with van der Waals surface area (Å²) in [5.74, 6) is -0.686. The molecule has 0 aromatic heterocycles. The van der Waals surface area contributed by atoms with Gasteiger partial charge in [-0.05, 0) is 46.0 Å². The van der Waals surface area contributed by atoms with Gasteiger partial charge in [0.15, 0.2) is 0 Å². The van der Waals surface area contributed by atoms with Gasteiger partial charge >= 0.3 is 11.9 Å². The molecule has 2 atom stereocenters. The molecule has 0 aromatic rings. The molecule has 2 unspecified atom stereocenters. The molecule has 0 aromatic carbocycles. The van der Waals surface area contributed by atoms with E-state index in [2.05, 4.69) is 5.32 Å². The van der Waals surface area contributed by atoms with Crippen LogP contribution >= 0.6 is 0 Å². The normalized spacial score (nSPS) is 18.8. The topological polar surface area (TPSA) is 64.6 Å². The summed E-state index contributed by atoms with van der Waals surface area (Å²) >= 11 is 0. The van der Waals surface area contributed by atoms with Crippen molar-refractivity contribution in [2.75, 3.05) is 6.61 Å². The molecule has 0 spiro atoms. The highest BCUT2D eigenvalue weighted by Gasteiger charge is 2.28. The Bertz CT molecular complexity index is 326. The molecule has 0 aliphatic heterocycles. The third-order valence-corrected chi connectivity index (χ3v) is 3.89. The maximum absolute atomic E-state index is 12.3. The van der Waals surface area contributed by atoms with Gasteiger partial charge < -0.3 is 14.8 Å². The number of carbonyl (C=O) groups excluding carboxylic acids is 2. The molecule has 1 aliphatic rings. The Hall–Kier alpha value is -1.10. The van der Waals surface area contributed by atoms with Gasteiger partial charge in [0.25, 0.3) is 0 Å². The highest BCUT2D eigenvalue weighted by Crippen LogP contribution is 2.21. The lowest BCUT2D eigenvalue weighted by Gasteiger charge is -2.26. The second-order valence-corrected chi connectivity index (χ2v) is 5.73. The van der Waals surface area contributed by atoms with Gasteiger partial charge in [-0.25, -0.2) is 0 Å². The van der Waals surface area contributed by atoms with Crippen LogP contribution in [0.3, 0.4) is 0 Å². The first-order valence-corrected chi connectivity index (χ1v) is 8.19. The summed E-state index contributed by atoms with van der Waals surface area (Å²) in [6.45, 7) is 6.11. The molecule has 0 amide bonds. The van der Waals surface area contributed by atoms with E-state index in [0.717, 1.165) is 32.1 Å². The van der Waals surface area contributed by atoms with Crippen molar-refractivity contribution in [2.45, 2.75) is 83.9 Å². The van der Waals surface area contributed by atoms with Crippen molar-refractivity contribution in [3.63, 3.8) is 0 Å². The van der Waals surface area contributed by atoms with Crippen molar-refractivity contribution in [2.24, 2.45) is 0 Å². The monoisotopic (exact) mass is 299 g/mol. The molecule has 0 bridgehead atoms. The van der Waals surface area contributed by atoms with E-state index in [1.807, 2.05) is 13.8 Å². The third kappa shape index (κ3) is 6.93. The highest BCUT2D eigenvalue weighted by atomic mass is 16.5. The third-order valence-electron chi connectivity index (χ3n) is 3.89. The van der Waals surface area contributed by atoms with Crippen LogP contribution in [0, 0.1) is 0 Å². The van der Waals surface area contributed by atoms with Crippen LogP contribution in [0.4, 0.5) is 0 Å². The molecule has 0 heterocycles. The lowest BCUT2D eigenvalue weighted by atomic mass is 9.98. The molecule has 1 saturated carbocycles. The van der Waals surface area contributed by atoms with E-state index in [0.29, 0.717) is 6.61 Å². The van der Waals surface area contributed by atoms with Crippen molar-refractivity contribution < 1.29 is 19.1 Å². The molecule has 5 nitrogen and oxygen atoms in total. The van der Waals surface area contributed by atoms with Gasteiger partial charge in [0, 0.05) is 6.04 Å². The van der Waals surface area contributed by atoms with Gasteiger partial charge in [-0.1, -0.05) is 13.3 Å². The number of ether oxygens (including phenoxy) is 2. The fourth-order valence-corrected chi connectivity index (χ4v) is 2.49. The summed E-state index contributed by atoms with van der Waals surface area (Å²) in [7, 11) is 0. The van der Waals surface area contributed by atoms with Crippen molar-refractivity contribution in [1.29, 1.82) is 0 Å². The van der Waals surface area contributed by atoms with Gasteiger partial charge in [-0.3, -0.25) is 9.59 Å². The Morgan fingerprint density at radius 2 is 1.86 bits per heavy atom. The van der Waals surface area contributed by atoms with Crippen LogP contribution < -0.4 is 5.32 Å². The van der Waals surface area contributed by atoms with Gasteiger partial charge in [-0.15, -0.1) is 0 Å². The van der Waals surface area contributed by atoms with Gasteiger partial charge in [0.1, 0.15) is 12.1 Å². The largest absolute Gasteiger partial charge is 0.466 e. The lowest BCUT2D eigenvalue weighted by molar-refractivity contribution is -0.157. The van der Waals surface area contributed by atoms with E-state index >= 15 is 0 Å². The molecule has 0 saturated heterocycles. The molecular weight excluding hydrogens is 270 g/mol. The number of esters is 2. The van der Waals surface area contributed by atoms with E-state index in [9.17, 15) is 9.59 Å². The smallest absolute Gasteiger partial charge is 0.324 e. The Labute approximate surface area is 127 Å². The van der Waals surface area contributed by atoms with Crippen LogP contribution in [0.1, 0.15) is 65.7 Å². The van der Waals surface area contributed by atoms with Crippen LogP contribution in [-0.4, -0.2) is 36.7 Å². The quantitative estimate of drug-likeness (QED) is 0.698. The SMILES string of the molecule is CCOC(=O)CC(NC(C)CC)C(=O)OC1CCCCC1.